The molecule has 0 amide bonds. The van der Waals surface area contributed by atoms with E-state index in [1.54, 1.807) is 0 Å². The van der Waals surface area contributed by atoms with Crippen LogP contribution in [0, 0.1) is 0 Å². The summed E-state index contributed by atoms with van der Waals surface area (Å²) in [6.45, 7) is 6.52. The first-order valence-corrected chi connectivity index (χ1v) is 32.6. The number of hydrogen-bond donors (Lipinski definition) is 0. The van der Waals surface area contributed by atoms with E-state index in [1.165, 1.54) is 180 Å². The van der Waals surface area contributed by atoms with Gasteiger partial charge in [0.1, 0.15) is 13.2 Å². The van der Waals surface area contributed by atoms with Gasteiger partial charge in [-0.3, -0.25) is 14.4 Å². The van der Waals surface area contributed by atoms with E-state index in [0.717, 1.165) is 103 Å². The summed E-state index contributed by atoms with van der Waals surface area (Å²) in [6.07, 6.45) is 84.4. The number of carbonyl (C=O) groups is 3. The first-order chi connectivity index (χ1) is 37.5. The summed E-state index contributed by atoms with van der Waals surface area (Å²) in [7, 11) is 0. The van der Waals surface area contributed by atoms with Crippen LogP contribution in [-0.2, 0) is 28.6 Å². The van der Waals surface area contributed by atoms with Crippen molar-refractivity contribution >= 4 is 17.9 Å². The fourth-order valence-corrected chi connectivity index (χ4v) is 9.23. The fraction of sp³-hybridized carbons (Fsp3) is 0.757. The number of allylic oxidation sites excluding steroid dienone is 14. The van der Waals surface area contributed by atoms with Gasteiger partial charge in [-0.05, 0) is 116 Å². The Kier molecular flexibility index (Phi) is 61.2. The van der Waals surface area contributed by atoms with Gasteiger partial charge in [0, 0.05) is 19.3 Å². The van der Waals surface area contributed by atoms with Crippen LogP contribution in [0.25, 0.3) is 0 Å². The Balaban J connectivity index is 4.39. The maximum absolute atomic E-state index is 12.9. The monoisotopic (exact) mass is 1060 g/mol. The second-order valence-electron chi connectivity index (χ2n) is 21.6. The van der Waals surface area contributed by atoms with Crippen LogP contribution >= 0.6 is 0 Å². The quantitative estimate of drug-likeness (QED) is 0.0261. The van der Waals surface area contributed by atoms with Gasteiger partial charge < -0.3 is 14.2 Å². The van der Waals surface area contributed by atoms with Crippen molar-refractivity contribution in [2.24, 2.45) is 0 Å². The molecular formula is C70H122O6. The van der Waals surface area contributed by atoms with Gasteiger partial charge in [0.15, 0.2) is 6.10 Å². The van der Waals surface area contributed by atoms with Crippen LogP contribution in [0.1, 0.15) is 323 Å². The van der Waals surface area contributed by atoms with E-state index in [2.05, 4.69) is 106 Å². The number of unbranched alkanes of at least 4 members (excludes halogenated alkanes) is 34. The van der Waals surface area contributed by atoms with Crippen LogP contribution in [-0.4, -0.2) is 37.2 Å². The lowest BCUT2D eigenvalue weighted by Crippen LogP contribution is -2.30. The van der Waals surface area contributed by atoms with Gasteiger partial charge in [0.2, 0.25) is 0 Å². The van der Waals surface area contributed by atoms with Crippen LogP contribution < -0.4 is 0 Å². The zero-order valence-electron chi connectivity index (χ0n) is 50.3. The van der Waals surface area contributed by atoms with Crippen molar-refractivity contribution < 1.29 is 28.6 Å². The fourth-order valence-electron chi connectivity index (χ4n) is 9.23. The second kappa shape index (κ2) is 64.1. The molecule has 6 heteroatoms. The molecule has 0 aromatic carbocycles. The lowest BCUT2D eigenvalue weighted by Gasteiger charge is -2.18. The molecular weight excluding hydrogens is 937 g/mol. The highest BCUT2D eigenvalue weighted by atomic mass is 16.6. The highest BCUT2D eigenvalue weighted by Crippen LogP contribution is 2.16. The Morgan fingerprint density at radius 1 is 0.276 bits per heavy atom. The molecule has 1 atom stereocenters. The predicted octanol–water partition coefficient (Wildman–Crippen LogP) is 22.3. The molecule has 6 nitrogen and oxygen atoms in total. The van der Waals surface area contributed by atoms with E-state index >= 15 is 0 Å². The van der Waals surface area contributed by atoms with Crippen molar-refractivity contribution in [1.82, 2.24) is 0 Å². The summed E-state index contributed by atoms with van der Waals surface area (Å²) in [5.41, 5.74) is 0. The van der Waals surface area contributed by atoms with Crippen molar-refractivity contribution in [3.8, 4) is 0 Å². The Hall–Kier alpha value is -3.41. The van der Waals surface area contributed by atoms with Gasteiger partial charge in [-0.1, -0.05) is 273 Å². The Labute approximate surface area is 471 Å². The van der Waals surface area contributed by atoms with Crippen LogP contribution in [0.4, 0.5) is 0 Å². The average molecular weight is 1060 g/mol. The van der Waals surface area contributed by atoms with Crippen molar-refractivity contribution in [1.29, 1.82) is 0 Å². The van der Waals surface area contributed by atoms with Gasteiger partial charge in [-0.15, -0.1) is 0 Å². The molecule has 1 unspecified atom stereocenters. The Morgan fingerprint density at radius 3 is 0.816 bits per heavy atom. The summed E-state index contributed by atoms with van der Waals surface area (Å²) in [5.74, 6) is -0.904. The third kappa shape index (κ3) is 61.4. The van der Waals surface area contributed by atoms with E-state index in [-0.39, 0.29) is 31.1 Å². The molecule has 438 valence electrons. The molecule has 0 N–H and O–H groups in total. The molecule has 0 heterocycles. The number of rotatable bonds is 59. The number of esters is 3. The third-order valence-electron chi connectivity index (χ3n) is 14.1. The lowest BCUT2D eigenvalue weighted by atomic mass is 10.0. The van der Waals surface area contributed by atoms with Crippen LogP contribution in [0.3, 0.4) is 0 Å². The zero-order valence-corrected chi connectivity index (χ0v) is 50.3. The van der Waals surface area contributed by atoms with Crippen molar-refractivity contribution in [2.75, 3.05) is 13.2 Å². The van der Waals surface area contributed by atoms with Crippen LogP contribution in [0.5, 0.6) is 0 Å². The van der Waals surface area contributed by atoms with E-state index in [1.807, 2.05) is 0 Å². The topological polar surface area (TPSA) is 78.9 Å². The van der Waals surface area contributed by atoms with E-state index in [0.29, 0.717) is 19.3 Å². The summed E-state index contributed by atoms with van der Waals surface area (Å²) >= 11 is 0. The SMILES string of the molecule is CC/C=C\C/C=C\C/C=C\C/C=C\CCCCCCC(=O)OCC(COC(=O)CCCCCCCCCCCCC/C=C\C/C=C\CCCCCCC)OC(=O)CCCCCCCCC/C=C\CCCCCCCCC. The lowest BCUT2D eigenvalue weighted by molar-refractivity contribution is -0.167. The minimum absolute atomic E-state index is 0.0862. The molecule has 0 bridgehead atoms. The maximum Gasteiger partial charge on any atom is 0.306 e. The standard InChI is InChI=1S/C70H122O6/c1-4-7-10-13-16-19-22-25-28-31-33-34-35-36-37-40-42-45-48-51-54-57-60-63-69(72)75-66-67(65-74-68(71)62-59-56-53-50-47-44-41-38-30-27-24-21-18-15-12-9-6-3)76-70(73)64-61-58-55-52-49-46-43-39-32-29-26-23-20-17-14-11-8-5-2/h9,12,18,21-22,25,27,29-33,41,44,67H,4-8,10-11,13-17,19-20,23-24,26,28,34-40,42-43,45-66H2,1-3H3/b12-9-,21-18-,25-22-,30-27-,32-29-,33-31-,44-41-. The summed E-state index contributed by atoms with van der Waals surface area (Å²) < 4.78 is 16.9. The molecule has 0 aliphatic heterocycles. The van der Waals surface area contributed by atoms with Gasteiger partial charge in [-0.2, -0.15) is 0 Å². The number of hydrogen-bond acceptors (Lipinski definition) is 6. The first-order valence-electron chi connectivity index (χ1n) is 32.6. The minimum Gasteiger partial charge on any atom is -0.462 e. The number of carbonyl (C=O) groups excluding carboxylic acids is 3. The molecule has 0 radical (unpaired) electrons. The molecule has 0 aliphatic carbocycles. The highest BCUT2D eigenvalue weighted by molar-refractivity contribution is 5.71. The maximum atomic E-state index is 12.9. The third-order valence-corrected chi connectivity index (χ3v) is 14.1. The zero-order chi connectivity index (χ0) is 55.0. The van der Waals surface area contributed by atoms with E-state index in [9.17, 15) is 14.4 Å². The van der Waals surface area contributed by atoms with Gasteiger partial charge in [-0.25, -0.2) is 0 Å². The normalized spacial score (nSPS) is 12.6. The molecule has 0 aromatic rings. The minimum atomic E-state index is -0.792. The van der Waals surface area contributed by atoms with Gasteiger partial charge >= 0.3 is 17.9 Å². The molecule has 0 saturated heterocycles. The van der Waals surface area contributed by atoms with Gasteiger partial charge in [0.25, 0.3) is 0 Å². The molecule has 0 fully saturated rings. The summed E-state index contributed by atoms with van der Waals surface area (Å²) in [4.78, 5) is 38.4. The number of ether oxygens (including phenoxy) is 3. The smallest absolute Gasteiger partial charge is 0.306 e. The summed E-state index contributed by atoms with van der Waals surface area (Å²) in [6, 6.07) is 0. The van der Waals surface area contributed by atoms with E-state index in [4.69, 9.17) is 14.2 Å². The largest absolute Gasteiger partial charge is 0.462 e. The van der Waals surface area contributed by atoms with Crippen LogP contribution in [0.15, 0.2) is 85.1 Å². The van der Waals surface area contributed by atoms with Crippen molar-refractivity contribution in [2.45, 2.75) is 329 Å². The van der Waals surface area contributed by atoms with Gasteiger partial charge in [0.05, 0.1) is 0 Å². The Bertz CT molecular complexity index is 1450. The molecule has 0 aromatic heterocycles. The molecule has 0 saturated carbocycles. The molecule has 0 aliphatic rings. The Morgan fingerprint density at radius 2 is 0.513 bits per heavy atom. The van der Waals surface area contributed by atoms with Crippen molar-refractivity contribution in [3.05, 3.63) is 85.1 Å². The summed E-state index contributed by atoms with van der Waals surface area (Å²) in [5, 5.41) is 0. The van der Waals surface area contributed by atoms with E-state index < -0.39 is 6.10 Å². The molecule has 0 rings (SSSR count). The van der Waals surface area contributed by atoms with Crippen LogP contribution in [0.2, 0.25) is 0 Å². The molecule has 0 spiro atoms. The predicted molar refractivity (Wildman–Crippen MR) is 330 cm³/mol. The average Bonchev–Trinajstić information content (AvgIpc) is 3.42. The highest BCUT2D eigenvalue weighted by Gasteiger charge is 2.19. The van der Waals surface area contributed by atoms with Crippen molar-refractivity contribution in [3.63, 3.8) is 0 Å². The first kappa shape index (κ1) is 72.6. The second-order valence-corrected chi connectivity index (χ2v) is 21.6. The molecule has 76 heavy (non-hydrogen) atoms.